The summed E-state index contributed by atoms with van der Waals surface area (Å²) in [5.74, 6) is 0.856. The van der Waals surface area contributed by atoms with Crippen molar-refractivity contribution in [2.24, 2.45) is 0 Å². The molecule has 0 saturated heterocycles. The van der Waals surface area contributed by atoms with E-state index in [0.717, 1.165) is 0 Å². The number of methoxy groups -OCH3 is 1. The molecular formula is C10H12O4. The van der Waals surface area contributed by atoms with Crippen LogP contribution in [0.25, 0.3) is 0 Å². The molecule has 4 nitrogen and oxygen atoms in total. The van der Waals surface area contributed by atoms with Crippen molar-refractivity contribution >= 4 is 6.16 Å². The number of rotatable bonds is 3. The maximum absolute atomic E-state index is 11.0. The molecule has 0 aliphatic heterocycles. The van der Waals surface area contributed by atoms with E-state index in [4.69, 9.17) is 9.47 Å². The molecule has 0 atom stereocenters. The zero-order valence-electron chi connectivity index (χ0n) is 8.15. The molecule has 0 spiro atoms. The van der Waals surface area contributed by atoms with Gasteiger partial charge in [-0.3, -0.25) is 0 Å². The van der Waals surface area contributed by atoms with E-state index < -0.39 is 6.16 Å². The molecule has 0 aliphatic rings. The molecule has 0 unspecified atom stereocenters. The number of ether oxygens (including phenoxy) is 3. The van der Waals surface area contributed by atoms with Crippen molar-refractivity contribution in [1.82, 2.24) is 0 Å². The van der Waals surface area contributed by atoms with Crippen molar-refractivity contribution in [2.45, 2.75) is 6.92 Å². The minimum atomic E-state index is -0.725. The van der Waals surface area contributed by atoms with Gasteiger partial charge in [-0.2, -0.15) is 0 Å². The summed E-state index contributed by atoms with van der Waals surface area (Å²) in [6, 6.07) is 6.87. The van der Waals surface area contributed by atoms with Gasteiger partial charge in [0.15, 0.2) is 11.5 Å². The average Bonchev–Trinajstić information content (AvgIpc) is 2.19. The summed E-state index contributed by atoms with van der Waals surface area (Å²) in [6.07, 6.45) is -0.725. The Kier molecular flexibility index (Phi) is 3.79. The Morgan fingerprint density at radius 1 is 1.29 bits per heavy atom. The van der Waals surface area contributed by atoms with Crippen molar-refractivity contribution in [3.63, 3.8) is 0 Å². The fourth-order valence-electron chi connectivity index (χ4n) is 0.940. The Balaban J connectivity index is 2.70. The van der Waals surface area contributed by atoms with Crippen molar-refractivity contribution in [3.8, 4) is 11.5 Å². The summed E-state index contributed by atoms with van der Waals surface area (Å²) in [6.45, 7) is 2.00. The Hall–Kier alpha value is -1.71. The molecule has 1 aromatic carbocycles. The first-order valence-corrected chi connectivity index (χ1v) is 4.25. The van der Waals surface area contributed by atoms with Gasteiger partial charge in [0.05, 0.1) is 13.7 Å². The van der Waals surface area contributed by atoms with Crippen molar-refractivity contribution in [1.29, 1.82) is 0 Å². The quantitative estimate of drug-likeness (QED) is 0.549. The highest BCUT2D eigenvalue weighted by molar-refractivity contribution is 5.65. The molecular weight excluding hydrogens is 184 g/mol. The minimum Gasteiger partial charge on any atom is -0.493 e. The zero-order valence-corrected chi connectivity index (χ0v) is 8.15. The summed E-state index contributed by atoms with van der Waals surface area (Å²) in [4.78, 5) is 11.0. The van der Waals surface area contributed by atoms with E-state index >= 15 is 0 Å². The van der Waals surface area contributed by atoms with Gasteiger partial charge in [-0.25, -0.2) is 4.79 Å². The monoisotopic (exact) mass is 196 g/mol. The fraction of sp³-hybridized carbons (Fsp3) is 0.300. The zero-order chi connectivity index (χ0) is 10.4. The Morgan fingerprint density at radius 3 is 2.50 bits per heavy atom. The SMILES string of the molecule is CCOC(=O)Oc1ccccc1OC. The molecule has 0 heterocycles. The standard InChI is InChI=1S/C10H12O4/c1-3-13-10(11)14-9-7-5-4-6-8(9)12-2/h4-7H,3H2,1-2H3. The Labute approximate surface area is 82.4 Å². The van der Waals surface area contributed by atoms with Crippen molar-refractivity contribution in [2.75, 3.05) is 13.7 Å². The summed E-state index contributed by atoms with van der Waals surface area (Å²) in [5.41, 5.74) is 0. The van der Waals surface area contributed by atoms with Crippen LogP contribution in [0.15, 0.2) is 24.3 Å². The second-order valence-electron chi connectivity index (χ2n) is 2.44. The highest BCUT2D eigenvalue weighted by atomic mass is 16.7. The van der Waals surface area contributed by atoms with E-state index in [-0.39, 0.29) is 6.61 Å². The van der Waals surface area contributed by atoms with Gasteiger partial charge in [0.25, 0.3) is 0 Å². The van der Waals surface area contributed by atoms with Crippen LogP contribution in [0.5, 0.6) is 11.5 Å². The Bertz CT molecular complexity index is 309. The highest BCUT2D eigenvalue weighted by Gasteiger charge is 2.08. The van der Waals surface area contributed by atoms with Gasteiger partial charge in [-0.05, 0) is 19.1 Å². The predicted molar refractivity (Wildman–Crippen MR) is 50.6 cm³/mol. The lowest BCUT2D eigenvalue weighted by atomic mass is 10.3. The second-order valence-corrected chi connectivity index (χ2v) is 2.44. The van der Waals surface area contributed by atoms with Gasteiger partial charge >= 0.3 is 6.16 Å². The van der Waals surface area contributed by atoms with Gasteiger partial charge in [0.2, 0.25) is 0 Å². The van der Waals surface area contributed by atoms with Gasteiger partial charge in [0, 0.05) is 0 Å². The number of carbonyl (C=O) groups excluding carboxylic acids is 1. The molecule has 1 aromatic rings. The highest BCUT2D eigenvalue weighted by Crippen LogP contribution is 2.25. The maximum Gasteiger partial charge on any atom is 0.513 e. The van der Waals surface area contributed by atoms with E-state index in [1.807, 2.05) is 0 Å². The number of carbonyl (C=O) groups is 1. The smallest absolute Gasteiger partial charge is 0.493 e. The predicted octanol–water partition coefficient (Wildman–Crippen LogP) is 2.23. The third kappa shape index (κ3) is 2.65. The van der Waals surface area contributed by atoms with Gasteiger partial charge in [-0.1, -0.05) is 12.1 Å². The summed E-state index contributed by atoms with van der Waals surface area (Å²) in [7, 11) is 1.51. The average molecular weight is 196 g/mol. The van der Waals surface area contributed by atoms with Crippen LogP contribution in [0.1, 0.15) is 6.92 Å². The molecule has 76 valence electrons. The number of benzene rings is 1. The molecule has 0 aliphatic carbocycles. The molecule has 0 bridgehead atoms. The molecule has 1 rings (SSSR count). The van der Waals surface area contributed by atoms with Crippen LogP contribution in [0.3, 0.4) is 0 Å². The largest absolute Gasteiger partial charge is 0.513 e. The first-order valence-electron chi connectivity index (χ1n) is 4.25. The van der Waals surface area contributed by atoms with Crippen molar-refractivity contribution in [3.05, 3.63) is 24.3 Å². The summed E-state index contributed by atoms with van der Waals surface area (Å²) >= 11 is 0. The lowest BCUT2D eigenvalue weighted by molar-refractivity contribution is 0.103. The molecule has 0 aromatic heterocycles. The van der Waals surface area contributed by atoms with Crippen LogP contribution in [0, 0.1) is 0 Å². The third-order valence-corrected chi connectivity index (χ3v) is 1.52. The second kappa shape index (κ2) is 5.11. The lowest BCUT2D eigenvalue weighted by Gasteiger charge is -2.07. The molecule has 0 amide bonds. The van der Waals surface area contributed by atoms with E-state index in [2.05, 4.69) is 4.74 Å². The van der Waals surface area contributed by atoms with Crippen LogP contribution >= 0.6 is 0 Å². The number of para-hydroxylation sites is 2. The van der Waals surface area contributed by atoms with Gasteiger partial charge in [0.1, 0.15) is 0 Å². The first kappa shape index (κ1) is 10.4. The number of hydrogen-bond acceptors (Lipinski definition) is 4. The minimum absolute atomic E-state index is 0.286. The summed E-state index contributed by atoms with van der Waals surface area (Å²) < 4.78 is 14.5. The van der Waals surface area contributed by atoms with Crippen LogP contribution in [0.2, 0.25) is 0 Å². The fourth-order valence-corrected chi connectivity index (χ4v) is 0.940. The van der Waals surface area contributed by atoms with Gasteiger partial charge < -0.3 is 14.2 Å². The molecule has 14 heavy (non-hydrogen) atoms. The molecule has 0 radical (unpaired) electrons. The third-order valence-electron chi connectivity index (χ3n) is 1.52. The van der Waals surface area contributed by atoms with Crippen molar-refractivity contribution < 1.29 is 19.0 Å². The van der Waals surface area contributed by atoms with Crippen LogP contribution in [-0.4, -0.2) is 19.9 Å². The normalized spacial score (nSPS) is 9.29. The van der Waals surface area contributed by atoms with E-state index in [1.165, 1.54) is 7.11 Å². The molecule has 4 heteroatoms. The molecule has 0 N–H and O–H groups in total. The van der Waals surface area contributed by atoms with E-state index in [9.17, 15) is 4.79 Å². The van der Waals surface area contributed by atoms with Gasteiger partial charge in [-0.15, -0.1) is 0 Å². The molecule has 0 saturated carbocycles. The van der Waals surface area contributed by atoms with E-state index in [0.29, 0.717) is 11.5 Å². The topological polar surface area (TPSA) is 44.8 Å². The summed E-state index contributed by atoms with van der Waals surface area (Å²) in [5, 5.41) is 0. The van der Waals surface area contributed by atoms with Crippen LogP contribution in [0.4, 0.5) is 4.79 Å². The molecule has 0 fully saturated rings. The first-order chi connectivity index (χ1) is 6.77. The van der Waals surface area contributed by atoms with Crippen LogP contribution < -0.4 is 9.47 Å². The van der Waals surface area contributed by atoms with Crippen LogP contribution in [-0.2, 0) is 4.74 Å². The number of hydrogen-bond donors (Lipinski definition) is 0. The maximum atomic E-state index is 11.0. The van der Waals surface area contributed by atoms with E-state index in [1.54, 1.807) is 31.2 Å². The Morgan fingerprint density at radius 2 is 1.93 bits per heavy atom. The lowest BCUT2D eigenvalue weighted by Crippen LogP contribution is -2.10.